The van der Waals surface area contributed by atoms with Crippen LogP contribution in [0.3, 0.4) is 0 Å². The smallest absolute Gasteiger partial charge is 0.241 e. The van der Waals surface area contributed by atoms with Gasteiger partial charge in [0.2, 0.25) is 5.91 Å². The van der Waals surface area contributed by atoms with Gasteiger partial charge in [0.1, 0.15) is 5.54 Å². The van der Waals surface area contributed by atoms with Crippen LogP contribution >= 0.6 is 11.6 Å². The summed E-state index contributed by atoms with van der Waals surface area (Å²) in [4.78, 5) is 19.2. The molecule has 3 N–H and O–H groups in total. The average molecular weight is 411 g/mol. The van der Waals surface area contributed by atoms with E-state index in [9.17, 15) is 4.79 Å². The molecule has 0 atom stereocenters. The summed E-state index contributed by atoms with van der Waals surface area (Å²) < 4.78 is 0. The summed E-state index contributed by atoms with van der Waals surface area (Å²) in [5.41, 5.74) is 3.11. The van der Waals surface area contributed by atoms with Crippen LogP contribution in [0.5, 0.6) is 0 Å². The molecule has 1 amide bonds. The van der Waals surface area contributed by atoms with Crippen LogP contribution < -0.4 is 15.5 Å². The zero-order chi connectivity index (χ0) is 20.2. The van der Waals surface area contributed by atoms with Crippen molar-refractivity contribution in [2.24, 2.45) is 0 Å². The van der Waals surface area contributed by atoms with E-state index >= 15 is 0 Å². The van der Waals surface area contributed by atoms with Gasteiger partial charge in [0.15, 0.2) is 0 Å². The van der Waals surface area contributed by atoms with Crippen molar-refractivity contribution in [2.45, 2.75) is 37.9 Å². The maximum absolute atomic E-state index is 12.6. The molecule has 2 aliphatic heterocycles. The molecule has 2 fully saturated rings. The van der Waals surface area contributed by atoms with Crippen molar-refractivity contribution in [1.82, 2.24) is 25.8 Å². The summed E-state index contributed by atoms with van der Waals surface area (Å²) >= 11 is 6.62. The van der Waals surface area contributed by atoms with Crippen LogP contribution in [0.1, 0.15) is 26.7 Å². The van der Waals surface area contributed by atoms with Gasteiger partial charge >= 0.3 is 0 Å². The molecule has 1 aromatic carbocycles. The number of piperidine rings is 1. The fourth-order valence-corrected chi connectivity index (χ4v) is 4.90. The Balaban J connectivity index is 1.47. The van der Waals surface area contributed by atoms with Crippen LogP contribution in [0.2, 0.25) is 5.02 Å². The Morgan fingerprint density at radius 2 is 1.93 bits per heavy atom. The number of pyridine rings is 1. The number of aromatic amines is 1. The molecular weight excluding hydrogens is 388 g/mol. The molecule has 0 saturated carbocycles. The first kappa shape index (κ1) is 18.4. The Kier molecular flexibility index (Phi) is 4.08. The van der Waals surface area contributed by atoms with E-state index in [4.69, 9.17) is 11.6 Å². The molecule has 150 valence electrons. The van der Waals surface area contributed by atoms with Crippen molar-refractivity contribution in [3.63, 3.8) is 0 Å². The van der Waals surface area contributed by atoms with E-state index in [2.05, 4.69) is 42.8 Å². The van der Waals surface area contributed by atoms with E-state index in [1.165, 1.54) is 0 Å². The van der Waals surface area contributed by atoms with Crippen LogP contribution in [-0.4, -0.2) is 45.4 Å². The van der Waals surface area contributed by atoms with Crippen LogP contribution in [0.25, 0.3) is 22.0 Å². The number of rotatable bonds is 2. The van der Waals surface area contributed by atoms with Crippen LogP contribution in [0.4, 0.5) is 5.69 Å². The number of nitrogens with one attached hydrogen (secondary N) is 3. The van der Waals surface area contributed by atoms with E-state index in [-0.39, 0.29) is 11.6 Å². The first-order valence-corrected chi connectivity index (χ1v) is 10.2. The highest BCUT2D eigenvalue weighted by Gasteiger charge is 2.51. The second-order valence-electron chi connectivity index (χ2n) is 8.46. The largest absolute Gasteiger partial charge is 0.370 e. The number of benzene rings is 1. The van der Waals surface area contributed by atoms with Gasteiger partial charge in [-0.3, -0.25) is 20.2 Å². The fraction of sp³-hybridized carbons (Fsp3) is 0.381. The van der Waals surface area contributed by atoms with Crippen LogP contribution in [0.15, 0.2) is 36.8 Å². The molecule has 4 heterocycles. The molecule has 1 spiro atoms. The molecule has 5 rings (SSSR count). The van der Waals surface area contributed by atoms with Crippen molar-refractivity contribution in [1.29, 1.82) is 0 Å². The third-order valence-corrected chi connectivity index (χ3v) is 6.25. The summed E-state index contributed by atoms with van der Waals surface area (Å²) in [6, 6.07) is 6.16. The topological polar surface area (TPSA) is 85.9 Å². The molecule has 0 aliphatic carbocycles. The third kappa shape index (κ3) is 3.05. The molecule has 29 heavy (non-hydrogen) atoms. The quantitative estimate of drug-likeness (QED) is 0.604. The monoisotopic (exact) mass is 410 g/mol. The summed E-state index contributed by atoms with van der Waals surface area (Å²) in [5.74, 6) is 0.0913. The number of hydrogen-bond acceptors (Lipinski definition) is 5. The first-order chi connectivity index (χ1) is 13.9. The molecule has 2 aromatic heterocycles. The van der Waals surface area contributed by atoms with E-state index < -0.39 is 5.54 Å². The highest BCUT2D eigenvalue weighted by Crippen LogP contribution is 2.40. The molecule has 8 heteroatoms. The van der Waals surface area contributed by atoms with Gasteiger partial charge in [-0.25, -0.2) is 0 Å². The number of anilines is 1. The van der Waals surface area contributed by atoms with Gasteiger partial charge < -0.3 is 10.2 Å². The average Bonchev–Trinajstić information content (AvgIpc) is 3.23. The number of carbonyl (C=O) groups is 1. The van der Waals surface area contributed by atoms with Gasteiger partial charge in [-0.1, -0.05) is 17.7 Å². The first-order valence-electron chi connectivity index (χ1n) is 9.81. The Hall–Kier alpha value is -2.64. The second-order valence-corrected chi connectivity index (χ2v) is 8.87. The predicted molar refractivity (Wildman–Crippen MR) is 114 cm³/mol. The highest BCUT2D eigenvalue weighted by atomic mass is 35.5. The number of nitrogens with zero attached hydrogens (tertiary/aromatic N) is 3. The minimum atomic E-state index is -0.505. The lowest BCUT2D eigenvalue weighted by molar-refractivity contribution is -0.125. The number of carbonyl (C=O) groups excluding carboxylic acids is 1. The van der Waals surface area contributed by atoms with Gasteiger partial charge in [0.05, 0.1) is 28.1 Å². The molecular formula is C21H23ClN6O. The number of halogens is 1. The third-order valence-electron chi connectivity index (χ3n) is 5.97. The van der Waals surface area contributed by atoms with Crippen molar-refractivity contribution in [3.05, 3.63) is 41.8 Å². The molecule has 3 aromatic rings. The van der Waals surface area contributed by atoms with E-state index in [0.717, 1.165) is 53.6 Å². The molecule has 2 aliphatic rings. The SMILES string of the molecule is CC1(C)NC(=O)C2(CCN(c3c(Cl)cncc3-c3ccc4[nH]ncc4c3)CC2)N1. The Morgan fingerprint density at radius 3 is 2.66 bits per heavy atom. The van der Waals surface area contributed by atoms with Gasteiger partial charge in [-0.15, -0.1) is 0 Å². The van der Waals surface area contributed by atoms with E-state index in [1.54, 1.807) is 6.20 Å². The maximum Gasteiger partial charge on any atom is 0.241 e. The standard InChI is InChI=1S/C21H23ClN6O/c1-20(2)25-19(29)21(27-20)5-7-28(8-6-21)18-15(11-23-12-16(18)22)13-3-4-17-14(9-13)10-24-26-17/h3-4,9-12,27H,5-8H2,1-2H3,(H,24,26)(H,25,29). The lowest BCUT2D eigenvalue weighted by Crippen LogP contribution is -2.56. The molecule has 7 nitrogen and oxygen atoms in total. The number of hydrogen-bond donors (Lipinski definition) is 3. The van der Waals surface area contributed by atoms with Crippen LogP contribution in [-0.2, 0) is 4.79 Å². The zero-order valence-electron chi connectivity index (χ0n) is 16.4. The van der Waals surface area contributed by atoms with Crippen LogP contribution in [0, 0.1) is 0 Å². The minimum Gasteiger partial charge on any atom is -0.370 e. The molecule has 0 bridgehead atoms. The molecule has 0 radical (unpaired) electrons. The second kappa shape index (κ2) is 6.43. The van der Waals surface area contributed by atoms with Gasteiger partial charge in [0.25, 0.3) is 0 Å². The normalized spacial score (nSPS) is 20.4. The van der Waals surface area contributed by atoms with Gasteiger partial charge in [-0.05, 0) is 44.4 Å². The Labute approximate surface area is 173 Å². The lowest BCUT2D eigenvalue weighted by atomic mass is 9.87. The Bertz CT molecular complexity index is 1100. The van der Waals surface area contributed by atoms with Gasteiger partial charge in [0, 0.05) is 36.4 Å². The fourth-order valence-electron chi connectivity index (χ4n) is 4.62. The van der Waals surface area contributed by atoms with Gasteiger partial charge in [-0.2, -0.15) is 5.10 Å². The number of H-pyrrole nitrogens is 1. The minimum absolute atomic E-state index is 0.0913. The predicted octanol–water partition coefficient (Wildman–Crippen LogP) is 3.07. The Morgan fingerprint density at radius 1 is 1.14 bits per heavy atom. The summed E-state index contributed by atoms with van der Waals surface area (Å²) in [6.45, 7) is 5.47. The number of amides is 1. The summed E-state index contributed by atoms with van der Waals surface area (Å²) in [7, 11) is 0. The summed E-state index contributed by atoms with van der Waals surface area (Å²) in [5, 5.41) is 15.3. The van der Waals surface area contributed by atoms with Crippen molar-refractivity contribution in [2.75, 3.05) is 18.0 Å². The zero-order valence-corrected chi connectivity index (χ0v) is 17.2. The molecule has 0 unspecified atom stereocenters. The molecule has 2 saturated heterocycles. The van der Waals surface area contributed by atoms with E-state index in [1.807, 2.05) is 32.3 Å². The maximum atomic E-state index is 12.6. The number of fused-ring (bicyclic) bond motifs is 1. The van der Waals surface area contributed by atoms with Crippen molar-refractivity contribution < 1.29 is 4.79 Å². The van der Waals surface area contributed by atoms with Crippen molar-refractivity contribution in [3.8, 4) is 11.1 Å². The number of aromatic nitrogens is 3. The lowest BCUT2D eigenvalue weighted by Gasteiger charge is -2.40. The summed E-state index contributed by atoms with van der Waals surface area (Å²) in [6.07, 6.45) is 6.80. The highest BCUT2D eigenvalue weighted by molar-refractivity contribution is 6.33. The van der Waals surface area contributed by atoms with E-state index in [0.29, 0.717) is 5.02 Å². The van der Waals surface area contributed by atoms with Crippen molar-refractivity contribution >= 4 is 34.1 Å².